The zero-order valence-corrected chi connectivity index (χ0v) is 17.4. The molecule has 2 amide bonds. The number of rotatable bonds is 5. The minimum absolute atomic E-state index is 0.146. The van der Waals surface area contributed by atoms with Crippen molar-refractivity contribution < 1.29 is 32.3 Å². The summed E-state index contributed by atoms with van der Waals surface area (Å²) in [6, 6.07) is 11.4. The summed E-state index contributed by atoms with van der Waals surface area (Å²) in [5.74, 6) is -2.59. The number of hydrogen-bond donors (Lipinski definition) is 3. The maximum Gasteiger partial charge on any atom is 0.425 e. The number of aliphatic hydroxyl groups is 1. The molecule has 3 rings (SSSR count). The van der Waals surface area contributed by atoms with Gasteiger partial charge in [-0.05, 0) is 43.0 Å². The highest BCUT2D eigenvalue weighted by Gasteiger charge is 2.58. The minimum Gasteiger partial charge on any atom is -0.463 e. The highest BCUT2D eigenvalue weighted by Crippen LogP contribution is 2.42. The van der Waals surface area contributed by atoms with E-state index in [1.54, 1.807) is 11.4 Å². The quantitative estimate of drug-likeness (QED) is 0.506. The molecule has 1 aromatic carbocycles. The lowest BCUT2D eigenvalue weighted by Crippen LogP contribution is -2.49. The van der Waals surface area contributed by atoms with Crippen LogP contribution in [-0.4, -0.2) is 23.1 Å². The molecule has 0 spiro atoms. The second-order valence-corrected chi connectivity index (χ2v) is 7.89. The lowest BCUT2D eigenvalue weighted by molar-refractivity contribution is -0.273. The molecule has 0 saturated heterocycles. The summed E-state index contributed by atoms with van der Waals surface area (Å²) in [6.07, 6.45) is -6.57. The van der Waals surface area contributed by atoms with E-state index in [9.17, 15) is 27.9 Å². The summed E-state index contributed by atoms with van der Waals surface area (Å²) in [4.78, 5) is 24.9. The van der Waals surface area contributed by atoms with Crippen molar-refractivity contribution in [1.82, 2.24) is 10.9 Å². The fraction of sp³-hybridized carbons (Fsp3) is 0.238. The van der Waals surface area contributed by atoms with E-state index in [1.165, 1.54) is 13.0 Å². The largest absolute Gasteiger partial charge is 0.463 e. The smallest absolute Gasteiger partial charge is 0.425 e. The second kappa shape index (κ2) is 8.56. The first-order valence-electron chi connectivity index (χ1n) is 9.11. The molecule has 2 heterocycles. The van der Waals surface area contributed by atoms with Crippen LogP contribution in [0.25, 0.3) is 11.1 Å². The topological polar surface area (TPSA) is 91.6 Å². The van der Waals surface area contributed by atoms with Gasteiger partial charge >= 0.3 is 6.18 Å². The van der Waals surface area contributed by atoms with Crippen molar-refractivity contribution in [3.63, 3.8) is 0 Å². The van der Waals surface area contributed by atoms with Crippen LogP contribution in [0.4, 0.5) is 13.2 Å². The lowest BCUT2D eigenvalue weighted by Gasteiger charge is -2.27. The van der Waals surface area contributed by atoms with E-state index in [4.69, 9.17) is 4.42 Å². The number of carbonyl (C=O) groups excluding carboxylic acids is 2. The van der Waals surface area contributed by atoms with Gasteiger partial charge in [0.05, 0.1) is 6.42 Å². The van der Waals surface area contributed by atoms with E-state index in [-0.39, 0.29) is 10.6 Å². The molecule has 0 bridgehead atoms. The van der Waals surface area contributed by atoms with E-state index < -0.39 is 35.8 Å². The van der Waals surface area contributed by atoms with Crippen LogP contribution in [0.3, 0.4) is 0 Å². The molecular weight excluding hydrogens is 433 g/mol. The number of furan rings is 1. The first-order valence-corrected chi connectivity index (χ1v) is 9.99. The summed E-state index contributed by atoms with van der Waals surface area (Å²) in [5.41, 5.74) is 2.94. The van der Waals surface area contributed by atoms with Gasteiger partial charge in [-0.25, -0.2) is 0 Å². The molecule has 31 heavy (non-hydrogen) atoms. The van der Waals surface area contributed by atoms with Gasteiger partial charge < -0.3 is 9.52 Å². The number of thiophene rings is 1. The van der Waals surface area contributed by atoms with Gasteiger partial charge in [0.25, 0.3) is 5.91 Å². The van der Waals surface area contributed by atoms with Crippen molar-refractivity contribution in [1.29, 1.82) is 0 Å². The average Bonchev–Trinajstić information content (AvgIpc) is 3.35. The SMILES string of the molecule is Cc1ccc(-c2ccsc2C(=O)NNC(=O)C[C@](O)(c2ccc(C)o2)C(F)(F)F)cc1. The average molecular weight is 452 g/mol. The highest BCUT2D eigenvalue weighted by atomic mass is 32.1. The Morgan fingerprint density at radius 1 is 1.03 bits per heavy atom. The fourth-order valence-electron chi connectivity index (χ4n) is 2.89. The Bertz CT molecular complexity index is 1090. The summed E-state index contributed by atoms with van der Waals surface area (Å²) < 4.78 is 45.3. The number of benzene rings is 1. The Morgan fingerprint density at radius 2 is 1.71 bits per heavy atom. The van der Waals surface area contributed by atoms with E-state index in [2.05, 4.69) is 5.43 Å². The van der Waals surface area contributed by atoms with Crippen molar-refractivity contribution in [2.75, 3.05) is 0 Å². The van der Waals surface area contributed by atoms with Crippen LogP contribution in [0.15, 0.2) is 52.3 Å². The Balaban J connectivity index is 1.70. The number of aryl methyl sites for hydroxylation is 2. The molecule has 0 saturated carbocycles. The summed E-state index contributed by atoms with van der Waals surface area (Å²) in [5, 5.41) is 11.9. The van der Waals surface area contributed by atoms with Crippen molar-refractivity contribution in [2.45, 2.75) is 32.0 Å². The van der Waals surface area contributed by atoms with Gasteiger partial charge in [-0.15, -0.1) is 11.3 Å². The van der Waals surface area contributed by atoms with Crippen LogP contribution in [-0.2, 0) is 10.4 Å². The van der Waals surface area contributed by atoms with Crippen LogP contribution in [0, 0.1) is 13.8 Å². The second-order valence-electron chi connectivity index (χ2n) is 6.98. The van der Waals surface area contributed by atoms with Gasteiger partial charge in [-0.2, -0.15) is 13.2 Å². The molecule has 6 nitrogen and oxygen atoms in total. The fourth-order valence-corrected chi connectivity index (χ4v) is 3.70. The zero-order valence-electron chi connectivity index (χ0n) is 16.5. The van der Waals surface area contributed by atoms with Crippen LogP contribution in [0.5, 0.6) is 0 Å². The first kappa shape index (κ1) is 22.6. The third-order valence-corrected chi connectivity index (χ3v) is 5.50. The Morgan fingerprint density at radius 3 is 2.29 bits per heavy atom. The molecule has 2 aromatic heterocycles. The maximum atomic E-state index is 13.5. The third-order valence-electron chi connectivity index (χ3n) is 4.58. The molecule has 0 aliphatic carbocycles. The predicted molar refractivity (Wildman–Crippen MR) is 108 cm³/mol. The van der Waals surface area contributed by atoms with Crippen LogP contribution in [0.2, 0.25) is 0 Å². The monoisotopic (exact) mass is 452 g/mol. The molecule has 0 aliphatic heterocycles. The molecule has 3 N–H and O–H groups in total. The third kappa shape index (κ3) is 4.80. The van der Waals surface area contributed by atoms with Gasteiger partial charge in [0, 0.05) is 5.56 Å². The number of carbonyl (C=O) groups is 2. The number of hydrazine groups is 1. The van der Waals surface area contributed by atoms with Crippen molar-refractivity contribution in [3.05, 3.63) is 69.8 Å². The van der Waals surface area contributed by atoms with Gasteiger partial charge in [0.15, 0.2) is 0 Å². The molecular formula is C21H19F3N2O4S. The predicted octanol–water partition coefficient (Wildman–Crippen LogP) is 4.23. The van der Waals surface area contributed by atoms with Crippen LogP contribution >= 0.6 is 11.3 Å². The zero-order chi connectivity index (χ0) is 22.8. The van der Waals surface area contributed by atoms with Gasteiger partial charge in [-0.3, -0.25) is 20.4 Å². The first-order chi connectivity index (χ1) is 14.5. The number of halogens is 3. The standard InChI is InChI=1S/C21H19F3N2O4S/c1-12-3-6-14(7-4-12)15-9-10-31-18(15)19(28)26-25-17(27)11-20(29,21(22,23)24)16-8-5-13(2)30-16/h3-10,29H,11H2,1-2H3,(H,25,27)(H,26,28)/t20-/m0/s1. The minimum atomic E-state index is -5.18. The van der Waals surface area contributed by atoms with Crippen LogP contribution in [0.1, 0.15) is 33.2 Å². The molecule has 0 aliphatic rings. The van der Waals surface area contributed by atoms with Gasteiger partial charge in [0.2, 0.25) is 11.5 Å². The molecule has 0 unspecified atom stereocenters. The Labute approximate surface area is 179 Å². The Hall–Kier alpha value is -3.11. The highest BCUT2D eigenvalue weighted by molar-refractivity contribution is 7.12. The van der Waals surface area contributed by atoms with E-state index >= 15 is 0 Å². The summed E-state index contributed by atoms with van der Waals surface area (Å²) >= 11 is 1.12. The van der Waals surface area contributed by atoms with Crippen molar-refractivity contribution in [3.8, 4) is 11.1 Å². The molecule has 3 aromatic rings. The number of alkyl halides is 3. The van der Waals surface area contributed by atoms with E-state index in [1.807, 2.05) is 36.6 Å². The molecule has 0 fully saturated rings. The molecule has 0 radical (unpaired) electrons. The van der Waals surface area contributed by atoms with Crippen molar-refractivity contribution in [2.24, 2.45) is 0 Å². The Kier molecular flexibility index (Phi) is 6.23. The molecule has 10 heteroatoms. The van der Waals surface area contributed by atoms with E-state index in [0.717, 1.165) is 28.5 Å². The molecule has 1 atom stereocenters. The number of hydrogen-bond acceptors (Lipinski definition) is 5. The number of amides is 2. The molecule has 164 valence electrons. The summed E-state index contributed by atoms with van der Waals surface area (Å²) in [7, 11) is 0. The van der Waals surface area contributed by atoms with Crippen molar-refractivity contribution >= 4 is 23.2 Å². The maximum absolute atomic E-state index is 13.5. The number of nitrogens with one attached hydrogen (secondary N) is 2. The van der Waals surface area contributed by atoms with E-state index in [0.29, 0.717) is 5.56 Å². The van der Waals surface area contributed by atoms with Gasteiger partial charge in [-0.1, -0.05) is 29.8 Å². The lowest BCUT2D eigenvalue weighted by atomic mass is 9.95. The normalized spacial score (nSPS) is 13.5. The van der Waals surface area contributed by atoms with Crippen LogP contribution < -0.4 is 10.9 Å². The van der Waals surface area contributed by atoms with Gasteiger partial charge in [0.1, 0.15) is 16.4 Å². The summed E-state index contributed by atoms with van der Waals surface area (Å²) in [6.45, 7) is 3.33.